The van der Waals surface area contributed by atoms with E-state index in [1.165, 1.54) is 29.8 Å². The summed E-state index contributed by atoms with van der Waals surface area (Å²) in [6.07, 6.45) is 1.76. The van der Waals surface area contributed by atoms with Gasteiger partial charge in [-0.3, -0.25) is 4.99 Å². The first-order valence-electron chi connectivity index (χ1n) is 9.04. The van der Waals surface area contributed by atoms with Gasteiger partial charge in [0.1, 0.15) is 0 Å². The van der Waals surface area contributed by atoms with E-state index in [0.717, 1.165) is 50.4 Å². The van der Waals surface area contributed by atoms with Crippen LogP contribution in [0.25, 0.3) is 0 Å². The zero-order valence-corrected chi connectivity index (χ0v) is 14.7. The first-order valence-corrected chi connectivity index (χ1v) is 9.04. The van der Waals surface area contributed by atoms with Gasteiger partial charge in [-0.2, -0.15) is 13.2 Å². The second kappa shape index (κ2) is 6.45. The molecule has 0 N–H and O–H groups in total. The lowest BCUT2D eigenvalue weighted by molar-refractivity contribution is -0.138. The number of halogens is 3. The minimum atomic E-state index is -4.35. The molecule has 2 nitrogen and oxygen atoms in total. The van der Waals surface area contributed by atoms with Crippen LogP contribution in [-0.2, 0) is 19.0 Å². The van der Waals surface area contributed by atoms with E-state index in [1.54, 1.807) is 12.3 Å². The Morgan fingerprint density at radius 3 is 2.27 bits per heavy atom. The van der Waals surface area contributed by atoms with Crippen LogP contribution in [0, 0.1) is 6.92 Å². The number of rotatable bonds is 2. The number of hydrogen-bond donors (Lipinski definition) is 0. The first kappa shape index (κ1) is 17.1. The summed E-state index contributed by atoms with van der Waals surface area (Å²) in [5.41, 5.74) is 4.96. The van der Waals surface area contributed by atoms with E-state index in [0.29, 0.717) is 5.69 Å². The second-order valence-corrected chi connectivity index (χ2v) is 7.14. The predicted molar refractivity (Wildman–Crippen MR) is 98.7 cm³/mol. The van der Waals surface area contributed by atoms with Crippen LogP contribution >= 0.6 is 0 Å². The molecule has 2 aliphatic heterocycles. The van der Waals surface area contributed by atoms with E-state index in [-0.39, 0.29) is 5.56 Å². The van der Waals surface area contributed by atoms with Crippen molar-refractivity contribution in [2.24, 2.45) is 4.99 Å². The molecule has 2 aliphatic rings. The number of aryl methyl sites for hydroxylation is 3. The van der Waals surface area contributed by atoms with Crippen molar-refractivity contribution in [1.29, 1.82) is 0 Å². The molecule has 0 amide bonds. The Hall–Kier alpha value is -2.30. The summed E-state index contributed by atoms with van der Waals surface area (Å²) in [5, 5.41) is 0. The fourth-order valence-electron chi connectivity index (χ4n) is 4.05. The van der Waals surface area contributed by atoms with Crippen molar-refractivity contribution in [2.75, 3.05) is 18.0 Å². The van der Waals surface area contributed by atoms with E-state index in [9.17, 15) is 13.2 Å². The van der Waals surface area contributed by atoms with Gasteiger partial charge in [-0.25, -0.2) is 0 Å². The summed E-state index contributed by atoms with van der Waals surface area (Å²) < 4.78 is 39.2. The van der Waals surface area contributed by atoms with Crippen molar-refractivity contribution < 1.29 is 13.2 Å². The third-order valence-corrected chi connectivity index (χ3v) is 5.24. The molecule has 2 heterocycles. The molecule has 4 rings (SSSR count). The topological polar surface area (TPSA) is 15.6 Å². The Morgan fingerprint density at radius 2 is 1.65 bits per heavy atom. The summed E-state index contributed by atoms with van der Waals surface area (Å²) in [6.45, 7) is 3.71. The summed E-state index contributed by atoms with van der Waals surface area (Å²) in [5.74, 6) is 0. The highest BCUT2D eigenvalue weighted by molar-refractivity contribution is 5.84. The van der Waals surface area contributed by atoms with Crippen LogP contribution in [0.15, 0.2) is 35.3 Å². The lowest BCUT2D eigenvalue weighted by atomic mass is 9.90. The van der Waals surface area contributed by atoms with Crippen molar-refractivity contribution in [1.82, 2.24) is 0 Å². The molecular formula is C21H21F3N2. The van der Waals surface area contributed by atoms with E-state index < -0.39 is 11.7 Å². The van der Waals surface area contributed by atoms with Gasteiger partial charge >= 0.3 is 6.18 Å². The summed E-state index contributed by atoms with van der Waals surface area (Å²) in [7, 11) is 0. The Morgan fingerprint density at radius 1 is 1.00 bits per heavy atom. The van der Waals surface area contributed by atoms with Gasteiger partial charge < -0.3 is 4.90 Å². The fraction of sp³-hybridized carbons (Fsp3) is 0.381. The monoisotopic (exact) mass is 358 g/mol. The van der Waals surface area contributed by atoms with Gasteiger partial charge in [-0.15, -0.1) is 0 Å². The first-order chi connectivity index (χ1) is 12.4. The van der Waals surface area contributed by atoms with E-state index in [4.69, 9.17) is 0 Å². The maximum absolute atomic E-state index is 13.1. The number of anilines is 1. The van der Waals surface area contributed by atoms with Crippen LogP contribution in [0.2, 0.25) is 0 Å². The lowest BCUT2D eigenvalue weighted by Crippen LogP contribution is -2.34. The summed E-state index contributed by atoms with van der Waals surface area (Å²) in [6, 6.07) is 8.50. The zero-order chi connectivity index (χ0) is 18.3. The number of nitrogens with zero attached hydrogens (tertiary/aromatic N) is 2. The Labute approximate surface area is 151 Å². The van der Waals surface area contributed by atoms with Crippen molar-refractivity contribution in [2.45, 2.75) is 38.8 Å². The third-order valence-electron chi connectivity index (χ3n) is 5.24. The van der Waals surface area contributed by atoms with Crippen LogP contribution in [0.3, 0.4) is 0 Å². The van der Waals surface area contributed by atoms with Crippen molar-refractivity contribution >= 4 is 17.6 Å². The average molecular weight is 358 g/mol. The molecular weight excluding hydrogens is 337 g/mol. The second-order valence-electron chi connectivity index (χ2n) is 7.14. The largest absolute Gasteiger partial charge is 0.416 e. The standard InChI is InChI=1S/C21H21F3N2/c1-14-6-7-18(12-19(14)21(22,23)24)25-13-15-10-16-4-2-8-26-9-3-5-17(11-15)20(16)26/h6-7,10-13H,2-5,8-9H2,1H3. The van der Waals surface area contributed by atoms with Gasteiger partial charge in [-0.05, 0) is 79.1 Å². The van der Waals surface area contributed by atoms with Gasteiger partial charge in [0.25, 0.3) is 0 Å². The Bertz CT molecular complexity index is 837. The molecule has 0 bridgehead atoms. The zero-order valence-electron chi connectivity index (χ0n) is 14.7. The SMILES string of the molecule is Cc1ccc(N=Cc2cc3c4c(c2)CCCN4CCC3)cc1C(F)(F)F. The molecule has 0 fully saturated rings. The Balaban J connectivity index is 1.66. The van der Waals surface area contributed by atoms with Gasteiger partial charge in [-0.1, -0.05) is 6.07 Å². The molecule has 2 aromatic rings. The van der Waals surface area contributed by atoms with Crippen LogP contribution in [0.1, 0.15) is 40.7 Å². The van der Waals surface area contributed by atoms with Crippen molar-refractivity contribution in [3.63, 3.8) is 0 Å². The minimum Gasteiger partial charge on any atom is -0.371 e. The third kappa shape index (κ3) is 3.22. The molecule has 0 atom stereocenters. The maximum atomic E-state index is 13.1. The van der Waals surface area contributed by atoms with Gasteiger partial charge in [0.05, 0.1) is 11.3 Å². The summed E-state index contributed by atoms with van der Waals surface area (Å²) in [4.78, 5) is 6.78. The predicted octanol–water partition coefficient (Wildman–Crippen LogP) is 5.46. The van der Waals surface area contributed by atoms with Gasteiger partial charge in [0.15, 0.2) is 0 Å². The number of benzene rings is 2. The molecule has 0 unspecified atom stereocenters. The molecule has 0 aromatic heterocycles. The number of hydrogen-bond acceptors (Lipinski definition) is 2. The highest BCUT2D eigenvalue weighted by Crippen LogP contribution is 2.36. The van der Waals surface area contributed by atoms with Gasteiger partial charge in [0, 0.05) is 25.0 Å². The molecule has 5 heteroatoms. The lowest BCUT2D eigenvalue weighted by Gasteiger charge is -2.37. The average Bonchev–Trinajstić information content (AvgIpc) is 2.60. The van der Waals surface area contributed by atoms with E-state index in [2.05, 4.69) is 22.0 Å². The molecule has 0 radical (unpaired) electrons. The molecule has 0 saturated heterocycles. The molecule has 26 heavy (non-hydrogen) atoms. The van der Waals surface area contributed by atoms with E-state index in [1.807, 2.05) is 0 Å². The van der Waals surface area contributed by atoms with Gasteiger partial charge in [0.2, 0.25) is 0 Å². The molecule has 0 saturated carbocycles. The van der Waals surface area contributed by atoms with Crippen LogP contribution in [0.5, 0.6) is 0 Å². The smallest absolute Gasteiger partial charge is 0.371 e. The molecule has 0 spiro atoms. The highest BCUT2D eigenvalue weighted by Gasteiger charge is 2.32. The van der Waals surface area contributed by atoms with Crippen molar-refractivity contribution in [3.8, 4) is 0 Å². The number of alkyl halides is 3. The van der Waals surface area contributed by atoms with E-state index >= 15 is 0 Å². The highest BCUT2D eigenvalue weighted by atomic mass is 19.4. The normalized spacial score (nSPS) is 16.8. The maximum Gasteiger partial charge on any atom is 0.416 e. The quantitative estimate of drug-likeness (QED) is 0.651. The minimum absolute atomic E-state index is 0.217. The molecule has 2 aromatic carbocycles. The van der Waals surface area contributed by atoms with Crippen LogP contribution in [-0.4, -0.2) is 19.3 Å². The molecule has 0 aliphatic carbocycles. The number of aliphatic imine (C=N–C) groups is 1. The van der Waals surface area contributed by atoms with Crippen LogP contribution < -0.4 is 4.90 Å². The Kier molecular flexibility index (Phi) is 4.25. The van der Waals surface area contributed by atoms with Crippen LogP contribution in [0.4, 0.5) is 24.5 Å². The van der Waals surface area contributed by atoms with Crippen molar-refractivity contribution in [3.05, 3.63) is 58.1 Å². The molecule has 136 valence electrons. The fourth-order valence-corrected chi connectivity index (χ4v) is 4.05. The summed E-state index contributed by atoms with van der Waals surface area (Å²) >= 11 is 0.